The number of rotatable bonds is 6. The molecule has 0 radical (unpaired) electrons. The van der Waals surface area contributed by atoms with E-state index < -0.39 is 39.6 Å². The van der Waals surface area contributed by atoms with Crippen molar-refractivity contribution in [2.24, 2.45) is 0 Å². The van der Waals surface area contributed by atoms with Crippen LogP contribution >= 0.6 is 15.9 Å². The second kappa shape index (κ2) is 8.07. The van der Waals surface area contributed by atoms with Crippen LogP contribution in [0.3, 0.4) is 0 Å². The van der Waals surface area contributed by atoms with Crippen LogP contribution in [-0.2, 0) is 26.4 Å². The average molecular weight is 427 g/mol. The summed E-state index contributed by atoms with van der Waals surface area (Å²) in [7, 11) is 0. The first-order valence-electron chi connectivity index (χ1n) is 7.26. The Morgan fingerprint density at radius 2 is 2.04 bits per heavy atom. The van der Waals surface area contributed by atoms with Gasteiger partial charge in [0.15, 0.2) is 0 Å². The van der Waals surface area contributed by atoms with Gasteiger partial charge in [0.05, 0.1) is 6.61 Å². The third-order valence-corrected chi connectivity index (χ3v) is 5.33. The van der Waals surface area contributed by atoms with Crippen molar-refractivity contribution in [2.75, 3.05) is 6.61 Å². The molecule has 1 aromatic heterocycles. The Morgan fingerprint density at radius 3 is 2.54 bits per heavy atom. The van der Waals surface area contributed by atoms with E-state index in [1.165, 1.54) is 19.9 Å². The molecule has 9 heteroatoms. The third-order valence-electron chi connectivity index (χ3n) is 3.17. The third kappa shape index (κ3) is 4.87. The normalized spacial score (nSPS) is 17.0. The van der Waals surface area contributed by atoms with Gasteiger partial charge < -0.3 is 9.29 Å². The molecule has 3 atom stereocenters. The number of pyridine rings is 1. The molecule has 0 unspecified atom stereocenters. The molecule has 1 N–H and O–H groups in total. The lowest BCUT2D eigenvalue weighted by molar-refractivity contribution is -0.152. The van der Waals surface area contributed by atoms with Crippen LogP contribution in [0.5, 0.6) is 0 Å². The highest BCUT2D eigenvalue weighted by atomic mass is 79.9. The van der Waals surface area contributed by atoms with Gasteiger partial charge in [-0.05, 0) is 62.7 Å². The van der Waals surface area contributed by atoms with E-state index in [0.29, 0.717) is 0 Å². The summed E-state index contributed by atoms with van der Waals surface area (Å²) in [5.41, 5.74) is -2.34. The van der Waals surface area contributed by atoms with Crippen molar-refractivity contribution < 1.29 is 22.9 Å². The molecule has 0 bridgehead atoms. The number of aromatic nitrogens is 1. The highest BCUT2D eigenvalue weighted by Crippen LogP contribution is 2.32. The van der Waals surface area contributed by atoms with Crippen molar-refractivity contribution in [3.63, 3.8) is 0 Å². The molecule has 0 amide bonds. The zero-order chi connectivity index (χ0) is 18.7. The summed E-state index contributed by atoms with van der Waals surface area (Å²) >= 11 is 1.31. The fourth-order valence-corrected chi connectivity index (χ4v) is 3.00. The molecule has 0 aliphatic heterocycles. The van der Waals surface area contributed by atoms with Gasteiger partial charge in [-0.15, -0.1) is 4.72 Å². The Balaban J connectivity index is 3.40. The predicted molar refractivity (Wildman–Crippen MR) is 91.8 cm³/mol. The Labute approximate surface area is 152 Å². The van der Waals surface area contributed by atoms with Crippen molar-refractivity contribution in [3.8, 4) is 0 Å². The minimum Gasteiger partial charge on any atom is -0.598 e. The second-order valence-corrected chi connectivity index (χ2v) is 9.04. The van der Waals surface area contributed by atoms with E-state index in [4.69, 9.17) is 4.74 Å². The van der Waals surface area contributed by atoms with E-state index >= 15 is 0 Å². The first-order chi connectivity index (χ1) is 10.9. The molecule has 0 saturated heterocycles. The van der Waals surface area contributed by atoms with Gasteiger partial charge in [0, 0.05) is 11.4 Å². The van der Waals surface area contributed by atoms with Crippen LogP contribution in [0.1, 0.15) is 40.3 Å². The monoisotopic (exact) mass is 426 g/mol. The molecule has 0 saturated carbocycles. The van der Waals surface area contributed by atoms with Crippen LogP contribution < -0.4 is 4.72 Å². The van der Waals surface area contributed by atoms with E-state index in [0.717, 1.165) is 6.07 Å². The molecule has 1 aromatic rings. The van der Waals surface area contributed by atoms with Crippen molar-refractivity contribution in [1.82, 2.24) is 9.71 Å². The van der Waals surface area contributed by atoms with Crippen LogP contribution in [0, 0.1) is 5.82 Å². The number of esters is 1. The molecule has 0 aromatic carbocycles. The van der Waals surface area contributed by atoms with Crippen LogP contribution in [0.25, 0.3) is 0 Å². The van der Waals surface area contributed by atoms with Crippen molar-refractivity contribution in [1.29, 1.82) is 0 Å². The summed E-state index contributed by atoms with van der Waals surface area (Å²) in [6.45, 7) is 7.72. The van der Waals surface area contributed by atoms with Gasteiger partial charge in [-0.2, -0.15) is 0 Å². The molecule has 136 valence electrons. The Kier molecular flexibility index (Phi) is 7.16. The van der Waals surface area contributed by atoms with Gasteiger partial charge in [0.25, 0.3) is 0 Å². The van der Waals surface area contributed by atoms with Gasteiger partial charge in [0.1, 0.15) is 26.4 Å². The second-order valence-electron chi connectivity index (χ2n) is 6.26. The van der Waals surface area contributed by atoms with Gasteiger partial charge in [0.2, 0.25) is 6.17 Å². The molecular weight excluding hydrogens is 406 g/mol. The number of halogens is 3. The number of nitrogens with zero attached hydrogens (tertiary/aromatic N) is 1. The molecule has 0 aliphatic carbocycles. The SMILES string of the molecule is CCOC(=O)[C@H](F)[C@](C)(N[S@+]([O-])C(C)(C)C)c1nc(Br)ccc1F. The number of hydrogen-bond donors (Lipinski definition) is 1. The summed E-state index contributed by atoms with van der Waals surface area (Å²) in [6, 6.07) is 2.43. The van der Waals surface area contributed by atoms with Crippen molar-refractivity contribution in [3.05, 3.63) is 28.2 Å². The number of alkyl halides is 1. The lowest BCUT2D eigenvalue weighted by atomic mass is 9.92. The molecule has 1 heterocycles. The van der Waals surface area contributed by atoms with Crippen LogP contribution in [0.15, 0.2) is 16.7 Å². The lowest BCUT2D eigenvalue weighted by Crippen LogP contribution is -2.57. The quantitative estimate of drug-likeness (QED) is 0.429. The lowest BCUT2D eigenvalue weighted by Gasteiger charge is -2.35. The highest BCUT2D eigenvalue weighted by molar-refractivity contribution is 9.10. The van der Waals surface area contributed by atoms with Crippen molar-refractivity contribution in [2.45, 2.75) is 51.1 Å². The fourth-order valence-electron chi connectivity index (χ4n) is 1.80. The molecule has 0 aliphatic rings. The summed E-state index contributed by atoms with van der Waals surface area (Å²) in [5.74, 6) is -2.01. The molecule has 5 nitrogen and oxygen atoms in total. The first-order valence-corrected chi connectivity index (χ1v) is 9.20. The van der Waals surface area contributed by atoms with Crippen LogP contribution in [-0.4, -0.2) is 33.0 Å². The standard InChI is InChI=1S/C15H21BrF2N2O3S/c1-6-23-13(21)11(18)15(5,20-24(22)14(2,3)4)12-9(17)7-8-10(16)19-12/h7-8,11,20H,6H2,1-5H3/t11-,15-,24+/m0/s1. The van der Waals surface area contributed by atoms with Gasteiger partial charge in [-0.3, -0.25) is 0 Å². The van der Waals surface area contributed by atoms with Gasteiger partial charge in [-0.25, -0.2) is 18.6 Å². The predicted octanol–water partition coefficient (Wildman–Crippen LogP) is 3.15. The van der Waals surface area contributed by atoms with E-state index in [2.05, 4.69) is 25.6 Å². The fraction of sp³-hybridized carbons (Fsp3) is 0.600. The van der Waals surface area contributed by atoms with E-state index in [1.54, 1.807) is 20.8 Å². The number of carbonyl (C=O) groups is 1. The molecular formula is C15H21BrF2N2O3S. The summed E-state index contributed by atoms with van der Waals surface area (Å²) < 4.78 is 48.3. The summed E-state index contributed by atoms with van der Waals surface area (Å²) in [5, 5.41) is 0. The number of carbonyl (C=O) groups excluding carboxylic acids is 1. The smallest absolute Gasteiger partial charge is 0.343 e. The molecule has 24 heavy (non-hydrogen) atoms. The Hall–Kier alpha value is -0.770. The highest BCUT2D eigenvalue weighted by Gasteiger charge is 2.50. The van der Waals surface area contributed by atoms with Crippen LogP contribution in [0.2, 0.25) is 0 Å². The maximum Gasteiger partial charge on any atom is 0.343 e. The van der Waals surface area contributed by atoms with Gasteiger partial charge >= 0.3 is 5.97 Å². The zero-order valence-corrected chi connectivity index (χ0v) is 16.6. The summed E-state index contributed by atoms with van der Waals surface area (Å²) in [4.78, 5) is 15.8. The Bertz CT molecular complexity index is 601. The largest absolute Gasteiger partial charge is 0.598 e. The number of hydrogen-bond acceptors (Lipinski definition) is 5. The zero-order valence-electron chi connectivity index (χ0n) is 14.2. The molecule has 0 spiro atoms. The first kappa shape index (κ1) is 21.3. The molecule has 1 rings (SSSR count). The average Bonchev–Trinajstić information content (AvgIpc) is 2.47. The minimum absolute atomic E-state index is 0.0356. The van der Waals surface area contributed by atoms with E-state index in [-0.39, 0.29) is 16.9 Å². The topological polar surface area (TPSA) is 74.3 Å². The summed E-state index contributed by atoms with van der Waals surface area (Å²) in [6.07, 6.45) is -2.31. The number of nitrogens with one attached hydrogen (secondary N) is 1. The van der Waals surface area contributed by atoms with E-state index in [1.807, 2.05) is 0 Å². The van der Waals surface area contributed by atoms with Gasteiger partial charge in [-0.1, -0.05) is 0 Å². The molecule has 0 fully saturated rings. The van der Waals surface area contributed by atoms with Crippen molar-refractivity contribution >= 4 is 33.3 Å². The maximum absolute atomic E-state index is 14.9. The maximum atomic E-state index is 14.9. The number of ether oxygens (including phenoxy) is 1. The van der Waals surface area contributed by atoms with Crippen LogP contribution in [0.4, 0.5) is 8.78 Å². The van der Waals surface area contributed by atoms with E-state index in [9.17, 15) is 18.1 Å². The Morgan fingerprint density at radius 1 is 1.46 bits per heavy atom. The minimum atomic E-state index is -2.31.